The fraction of sp³-hybridized carbons (Fsp3) is 0. The van der Waals surface area contributed by atoms with Crippen LogP contribution in [0, 0.1) is 15.3 Å². The van der Waals surface area contributed by atoms with Gasteiger partial charge in [0.1, 0.15) is 0 Å². The molecule has 76 valence electrons. The molecule has 7 nitrogen and oxygen atoms in total. The van der Waals surface area contributed by atoms with Crippen LogP contribution in [0.1, 0.15) is 0 Å². The van der Waals surface area contributed by atoms with Gasteiger partial charge in [-0.1, -0.05) is 0 Å². The molecule has 0 aliphatic heterocycles. The molecular formula is Ag2NO6S2-. The second-order valence-corrected chi connectivity index (χ2v) is 2.67. The molecule has 0 aliphatic rings. The number of rotatable bonds is 0. The van der Waals surface area contributed by atoms with Gasteiger partial charge in [-0.15, -0.1) is 9.05 Å². The molecule has 0 N–H and O–H groups in total. The Morgan fingerprint density at radius 3 is 1.18 bits per heavy atom. The third-order valence-electron chi connectivity index (χ3n) is 0. The quantitative estimate of drug-likeness (QED) is 0.287. The summed E-state index contributed by atoms with van der Waals surface area (Å²) in [4.78, 5) is 8.25. The summed E-state index contributed by atoms with van der Waals surface area (Å²) in [6, 6.07) is 0. The van der Waals surface area contributed by atoms with Crippen LogP contribution in [0.3, 0.4) is 0 Å². The van der Waals surface area contributed by atoms with E-state index in [9.17, 15) is 0 Å². The van der Waals surface area contributed by atoms with E-state index in [1.807, 2.05) is 0 Å². The molecule has 0 saturated heterocycles. The van der Waals surface area contributed by atoms with E-state index in [0.717, 1.165) is 0 Å². The molecule has 0 spiro atoms. The van der Waals surface area contributed by atoms with Gasteiger partial charge in [-0.2, -0.15) is 0 Å². The average molecular weight is 390 g/mol. The Kier molecular flexibility index (Phi) is 22.6. The summed E-state index contributed by atoms with van der Waals surface area (Å²) in [5.41, 5.74) is 0. The van der Waals surface area contributed by atoms with Crippen LogP contribution in [0.5, 0.6) is 0 Å². The maximum atomic E-state index is 8.89. The molecule has 0 atom stereocenters. The van der Waals surface area contributed by atoms with Crippen LogP contribution in [0.25, 0.3) is 0 Å². The van der Waals surface area contributed by atoms with E-state index in [1.165, 1.54) is 0 Å². The van der Waals surface area contributed by atoms with Gasteiger partial charge in [-0.25, -0.2) is 0 Å². The third-order valence-corrected chi connectivity index (χ3v) is 0. The van der Waals surface area contributed by atoms with Gasteiger partial charge in [0, 0.05) is 0 Å². The van der Waals surface area contributed by atoms with Gasteiger partial charge in [-0.3, -0.25) is 4.21 Å². The van der Waals surface area contributed by atoms with E-state index in [4.69, 9.17) is 28.6 Å². The summed E-state index contributed by atoms with van der Waals surface area (Å²) < 4.78 is 26.7. The summed E-state index contributed by atoms with van der Waals surface area (Å²) in [5, 5.41) is 14.8. The first kappa shape index (κ1) is 22.7. The van der Waals surface area contributed by atoms with Crippen molar-refractivity contribution in [2.45, 2.75) is 0 Å². The monoisotopic (exact) mass is 388 g/mol. The van der Waals surface area contributed by atoms with Crippen LogP contribution in [-0.2, 0) is 65.0 Å². The molecule has 0 radical (unpaired) electrons. The van der Waals surface area contributed by atoms with E-state index in [1.54, 1.807) is 0 Å². The molecule has 0 aromatic carbocycles. The molecule has 0 amide bonds. The van der Waals surface area contributed by atoms with Gasteiger partial charge >= 0.3 is 44.8 Å². The summed E-state index contributed by atoms with van der Waals surface area (Å²) in [6.07, 6.45) is 0. The second kappa shape index (κ2) is 11.0. The molecular weight excluding hydrogens is 390 g/mol. The van der Waals surface area contributed by atoms with Crippen molar-refractivity contribution in [2.24, 2.45) is 0 Å². The summed E-state index contributed by atoms with van der Waals surface area (Å²) in [7, 11) is -4.33. The zero-order valence-corrected chi connectivity index (χ0v) is 8.91. The van der Waals surface area contributed by atoms with E-state index in [0.29, 0.717) is 0 Å². The molecule has 0 fully saturated rings. The summed E-state index contributed by atoms with van der Waals surface area (Å²) in [6.45, 7) is 0. The third kappa shape index (κ3) is 937. The smallest absolute Gasteiger partial charge is 0.780 e. The van der Waals surface area contributed by atoms with Crippen molar-refractivity contribution >= 4 is 20.2 Å². The molecule has 0 saturated carbocycles. The Hall–Kier alpha value is 0.971. The standard InChI is InChI=1S/2Ag.NO3.H2O3S2/c;;2-1(3)4;1-5(2,3)4/h;;;(H2,1,2,3,4)/q2*+1;-1;/p-2. The molecule has 0 aliphatic carbocycles. The number of hydrogen-bond donors (Lipinski definition) is 0. The molecule has 11 heteroatoms. The van der Waals surface area contributed by atoms with E-state index in [2.05, 4.69) is 11.2 Å². The van der Waals surface area contributed by atoms with Crippen molar-refractivity contribution in [1.82, 2.24) is 0 Å². The Morgan fingerprint density at radius 2 is 1.18 bits per heavy atom. The number of nitrogens with zero attached hydrogens (tertiary/aromatic N) is 1. The minimum atomic E-state index is -4.33. The molecule has 0 unspecified atom stereocenters. The van der Waals surface area contributed by atoms with E-state index in [-0.39, 0.29) is 44.8 Å². The largest absolute Gasteiger partial charge is 1.00 e. The van der Waals surface area contributed by atoms with Crippen LogP contribution in [-0.4, -0.2) is 18.4 Å². The van der Waals surface area contributed by atoms with Gasteiger partial charge in [0.2, 0.25) is 0 Å². The Balaban J connectivity index is -0.0000000383. The molecule has 11 heavy (non-hydrogen) atoms. The molecule has 0 rings (SSSR count). The average Bonchev–Trinajstić information content (AvgIpc) is 1.19. The fourth-order valence-electron chi connectivity index (χ4n) is 0. The maximum Gasteiger partial charge on any atom is 1.00 e. The normalized spacial score (nSPS) is 7.45. The van der Waals surface area contributed by atoms with Gasteiger partial charge in [0.25, 0.3) is 0 Å². The topological polar surface area (TPSA) is 129 Å². The molecule has 0 aromatic rings. The predicted octanol–water partition coefficient (Wildman–Crippen LogP) is -1.25. The SMILES string of the molecule is O=S([O-])([O-])=S.O=[N+]([O-])[O-].[Ag+].[Ag+]. The van der Waals surface area contributed by atoms with Gasteiger partial charge in [0.05, 0.1) is 5.09 Å². The Morgan fingerprint density at radius 1 is 1.18 bits per heavy atom. The minimum Gasteiger partial charge on any atom is -0.780 e. The van der Waals surface area contributed by atoms with Gasteiger partial charge < -0.3 is 24.4 Å². The zero-order chi connectivity index (χ0) is 8.08. The van der Waals surface area contributed by atoms with Crippen molar-refractivity contribution in [3.63, 3.8) is 0 Å². The Labute approximate surface area is 98.0 Å². The summed E-state index contributed by atoms with van der Waals surface area (Å²) >= 11 is 3.24. The van der Waals surface area contributed by atoms with Crippen molar-refractivity contribution in [3.05, 3.63) is 15.3 Å². The van der Waals surface area contributed by atoms with E-state index >= 15 is 0 Å². The maximum absolute atomic E-state index is 8.89. The fourth-order valence-corrected chi connectivity index (χ4v) is 0. The first-order chi connectivity index (χ1) is 3.73. The Bertz CT molecular complexity index is 161. The number of hydrogen-bond acceptors (Lipinski definition) is 7. The first-order valence-corrected chi connectivity index (χ1v) is 3.55. The predicted molar refractivity (Wildman–Crippen MR) is 27.4 cm³/mol. The van der Waals surface area contributed by atoms with Crippen LogP contribution in [0.4, 0.5) is 0 Å². The zero-order valence-electron chi connectivity index (χ0n) is 4.32. The van der Waals surface area contributed by atoms with Crippen molar-refractivity contribution in [3.8, 4) is 0 Å². The van der Waals surface area contributed by atoms with Crippen LogP contribution < -0.4 is 0 Å². The second-order valence-electron chi connectivity index (χ2n) is 0.632. The van der Waals surface area contributed by atoms with Crippen LogP contribution >= 0.6 is 0 Å². The van der Waals surface area contributed by atoms with Crippen molar-refractivity contribution < 1.29 is 63.2 Å². The van der Waals surface area contributed by atoms with Crippen molar-refractivity contribution in [2.75, 3.05) is 0 Å². The van der Waals surface area contributed by atoms with Crippen molar-refractivity contribution in [1.29, 1.82) is 0 Å². The van der Waals surface area contributed by atoms with Crippen LogP contribution in [0.15, 0.2) is 0 Å². The van der Waals surface area contributed by atoms with Crippen LogP contribution in [0.2, 0.25) is 0 Å². The molecule has 0 heterocycles. The molecule has 0 aromatic heterocycles. The first-order valence-electron chi connectivity index (χ1n) is 1.21. The molecule has 0 bridgehead atoms. The minimum absolute atomic E-state index is 0. The summed E-state index contributed by atoms with van der Waals surface area (Å²) in [5.74, 6) is 0. The van der Waals surface area contributed by atoms with Gasteiger partial charge in [0.15, 0.2) is 0 Å². The van der Waals surface area contributed by atoms with E-state index < -0.39 is 14.1 Å². The van der Waals surface area contributed by atoms with Gasteiger partial charge in [-0.05, 0) is 11.2 Å².